The molecule has 0 aromatic heterocycles. The first kappa shape index (κ1) is 21.4. The van der Waals surface area contributed by atoms with E-state index < -0.39 is 11.4 Å². The molecule has 0 atom stereocenters. The molecule has 0 spiro atoms. The zero-order chi connectivity index (χ0) is 21.7. The van der Waals surface area contributed by atoms with Gasteiger partial charge in [-0.3, -0.25) is 9.59 Å². The molecule has 30 heavy (non-hydrogen) atoms. The van der Waals surface area contributed by atoms with Crippen molar-refractivity contribution in [2.45, 2.75) is 25.8 Å². The summed E-state index contributed by atoms with van der Waals surface area (Å²) in [6.07, 6.45) is 0. The molecule has 3 rings (SSSR count). The lowest BCUT2D eigenvalue weighted by Gasteiger charge is -2.24. The average molecular weight is 405 g/mol. The number of hydrogen-bond acceptors (Lipinski definition) is 4. The van der Waals surface area contributed by atoms with Gasteiger partial charge in [0.15, 0.2) is 6.61 Å². The first-order valence-electron chi connectivity index (χ1n) is 9.84. The van der Waals surface area contributed by atoms with Crippen LogP contribution in [0.2, 0.25) is 0 Å². The van der Waals surface area contributed by atoms with Gasteiger partial charge in [-0.1, -0.05) is 48.5 Å². The summed E-state index contributed by atoms with van der Waals surface area (Å²) in [5.74, 6) is 0.139. The molecule has 0 aliphatic carbocycles. The van der Waals surface area contributed by atoms with E-state index in [4.69, 9.17) is 9.47 Å². The van der Waals surface area contributed by atoms with Crippen molar-refractivity contribution >= 4 is 22.6 Å². The Balaban J connectivity index is 1.59. The predicted molar refractivity (Wildman–Crippen MR) is 117 cm³/mol. The van der Waals surface area contributed by atoms with Gasteiger partial charge >= 0.3 is 5.97 Å². The van der Waals surface area contributed by atoms with Crippen molar-refractivity contribution in [3.05, 3.63) is 77.9 Å². The van der Waals surface area contributed by atoms with Crippen LogP contribution in [0.5, 0.6) is 5.75 Å². The van der Waals surface area contributed by atoms with Crippen LogP contribution in [0.25, 0.3) is 10.8 Å². The van der Waals surface area contributed by atoms with E-state index in [0.29, 0.717) is 6.54 Å². The maximum atomic E-state index is 12.5. The smallest absolute Gasteiger partial charge is 0.316 e. The van der Waals surface area contributed by atoms with Crippen molar-refractivity contribution in [2.75, 3.05) is 20.8 Å². The van der Waals surface area contributed by atoms with Crippen molar-refractivity contribution in [3.8, 4) is 5.75 Å². The molecule has 0 N–H and O–H groups in total. The molecule has 0 bridgehead atoms. The Morgan fingerprint density at radius 3 is 2.30 bits per heavy atom. The van der Waals surface area contributed by atoms with Crippen LogP contribution < -0.4 is 4.74 Å². The third-order valence-corrected chi connectivity index (χ3v) is 5.29. The summed E-state index contributed by atoms with van der Waals surface area (Å²) < 4.78 is 10.6. The molecule has 3 aromatic carbocycles. The molecule has 1 amide bonds. The SMILES string of the molecule is COc1ccc2cc(CN(C)C(=O)COC(=O)C(C)(C)c3ccccc3)ccc2c1. The van der Waals surface area contributed by atoms with Gasteiger partial charge in [-0.15, -0.1) is 0 Å². The first-order valence-corrected chi connectivity index (χ1v) is 9.84. The molecule has 5 heteroatoms. The number of hydrogen-bond donors (Lipinski definition) is 0. The molecule has 0 saturated carbocycles. The molecule has 0 fully saturated rings. The zero-order valence-corrected chi connectivity index (χ0v) is 17.8. The highest BCUT2D eigenvalue weighted by Gasteiger charge is 2.32. The molecule has 0 aliphatic rings. The Kier molecular flexibility index (Phi) is 6.40. The fourth-order valence-corrected chi connectivity index (χ4v) is 3.25. The Labute approximate surface area is 177 Å². The Hall–Kier alpha value is -3.34. The van der Waals surface area contributed by atoms with E-state index in [9.17, 15) is 9.59 Å². The summed E-state index contributed by atoms with van der Waals surface area (Å²) >= 11 is 0. The van der Waals surface area contributed by atoms with Gasteiger partial charge in [0.25, 0.3) is 5.91 Å². The molecule has 0 unspecified atom stereocenters. The number of rotatable bonds is 7. The van der Waals surface area contributed by atoms with E-state index in [1.54, 1.807) is 32.9 Å². The largest absolute Gasteiger partial charge is 0.497 e. The lowest BCUT2D eigenvalue weighted by Crippen LogP contribution is -2.36. The van der Waals surface area contributed by atoms with Crippen LogP contribution in [-0.2, 0) is 26.3 Å². The van der Waals surface area contributed by atoms with Crippen LogP contribution in [0.15, 0.2) is 66.7 Å². The van der Waals surface area contributed by atoms with Gasteiger partial charge in [-0.05, 0) is 53.9 Å². The number of benzene rings is 3. The Morgan fingerprint density at radius 1 is 0.933 bits per heavy atom. The Morgan fingerprint density at radius 2 is 1.60 bits per heavy atom. The van der Waals surface area contributed by atoms with Crippen molar-refractivity contribution in [1.82, 2.24) is 4.90 Å². The monoisotopic (exact) mass is 405 g/mol. The number of ether oxygens (including phenoxy) is 2. The molecule has 156 valence electrons. The van der Waals surface area contributed by atoms with Gasteiger partial charge in [-0.25, -0.2) is 0 Å². The molecule has 5 nitrogen and oxygen atoms in total. The van der Waals surface area contributed by atoms with Gasteiger partial charge in [-0.2, -0.15) is 0 Å². The van der Waals surface area contributed by atoms with Crippen molar-refractivity contribution in [1.29, 1.82) is 0 Å². The van der Waals surface area contributed by atoms with E-state index in [1.165, 1.54) is 0 Å². The molecule has 3 aromatic rings. The van der Waals surface area contributed by atoms with Crippen molar-refractivity contribution < 1.29 is 19.1 Å². The molecule has 0 saturated heterocycles. The summed E-state index contributed by atoms with van der Waals surface area (Å²) in [5.41, 5.74) is 1.03. The van der Waals surface area contributed by atoms with Crippen molar-refractivity contribution in [3.63, 3.8) is 0 Å². The molecule has 0 heterocycles. The highest BCUT2D eigenvalue weighted by Crippen LogP contribution is 2.25. The number of carbonyl (C=O) groups is 2. The minimum atomic E-state index is -0.820. The van der Waals surface area contributed by atoms with E-state index >= 15 is 0 Å². The third-order valence-electron chi connectivity index (χ3n) is 5.29. The lowest BCUT2D eigenvalue weighted by atomic mass is 9.85. The summed E-state index contributed by atoms with van der Waals surface area (Å²) in [6.45, 7) is 3.74. The Bertz CT molecular complexity index is 1040. The molecule has 0 radical (unpaired) electrons. The standard InChI is InChI=1S/C25H27NO4/c1-25(2,21-8-6-5-7-9-21)24(28)30-17-23(27)26(3)16-18-10-11-20-15-22(29-4)13-12-19(20)14-18/h5-15H,16-17H2,1-4H3. The molecular formula is C25H27NO4. The average Bonchev–Trinajstić information content (AvgIpc) is 2.77. The maximum Gasteiger partial charge on any atom is 0.316 e. The van der Waals surface area contributed by atoms with Crippen LogP contribution in [0, 0.1) is 0 Å². The van der Waals surface area contributed by atoms with Gasteiger partial charge in [0, 0.05) is 13.6 Å². The number of carbonyl (C=O) groups excluding carboxylic acids is 2. The van der Waals surface area contributed by atoms with Gasteiger partial charge in [0.1, 0.15) is 5.75 Å². The second-order valence-electron chi connectivity index (χ2n) is 7.86. The highest BCUT2D eigenvalue weighted by atomic mass is 16.5. The van der Waals surface area contributed by atoms with Crippen LogP contribution in [0.1, 0.15) is 25.0 Å². The van der Waals surface area contributed by atoms with E-state index in [2.05, 4.69) is 0 Å². The molecule has 0 aliphatic heterocycles. The van der Waals surface area contributed by atoms with Crippen LogP contribution in [0.4, 0.5) is 0 Å². The molecular weight excluding hydrogens is 378 g/mol. The number of amides is 1. The third kappa shape index (κ3) is 4.79. The summed E-state index contributed by atoms with van der Waals surface area (Å²) in [6, 6.07) is 21.3. The van der Waals surface area contributed by atoms with Crippen LogP contribution in [-0.4, -0.2) is 37.5 Å². The predicted octanol–water partition coefficient (Wildman–Crippen LogP) is 4.33. The number of methoxy groups -OCH3 is 1. The fraction of sp³-hybridized carbons (Fsp3) is 0.280. The minimum absolute atomic E-state index is 0.248. The first-order chi connectivity index (χ1) is 14.3. The lowest BCUT2D eigenvalue weighted by molar-refractivity contribution is -0.155. The fourth-order valence-electron chi connectivity index (χ4n) is 3.25. The van der Waals surface area contributed by atoms with E-state index in [1.807, 2.05) is 66.7 Å². The normalized spacial score (nSPS) is 11.2. The number of esters is 1. The minimum Gasteiger partial charge on any atom is -0.497 e. The van der Waals surface area contributed by atoms with E-state index in [0.717, 1.165) is 27.6 Å². The van der Waals surface area contributed by atoms with Gasteiger partial charge < -0.3 is 14.4 Å². The number of likely N-dealkylation sites (N-methyl/N-ethyl adjacent to an activating group) is 1. The summed E-state index contributed by atoms with van der Waals surface area (Å²) in [5, 5.41) is 2.15. The van der Waals surface area contributed by atoms with Crippen LogP contribution >= 0.6 is 0 Å². The quantitative estimate of drug-likeness (QED) is 0.549. The van der Waals surface area contributed by atoms with E-state index in [-0.39, 0.29) is 12.5 Å². The highest BCUT2D eigenvalue weighted by molar-refractivity contribution is 5.86. The van der Waals surface area contributed by atoms with Crippen LogP contribution in [0.3, 0.4) is 0 Å². The van der Waals surface area contributed by atoms with Crippen molar-refractivity contribution in [2.24, 2.45) is 0 Å². The number of nitrogens with zero attached hydrogens (tertiary/aromatic N) is 1. The summed E-state index contributed by atoms with van der Waals surface area (Å²) in [4.78, 5) is 26.6. The maximum absolute atomic E-state index is 12.5. The number of fused-ring (bicyclic) bond motifs is 1. The zero-order valence-electron chi connectivity index (χ0n) is 17.8. The topological polar surface area (TPSA) is 55.8 Å². The summed E-state index contributed by atoms with van der Waals surface area (Å²) in [7, 11) is 3.35. The van der Waals surface area contributed by atoms with Gasteiger partial charge in [0.2, 0.25) is 0 Å². The second kappa shape index (κ2) is 8.99. The van der Waals surface area contributed by atoms with Gasteiger partial charge in [0.05, 0.1) is 12.5 Å². The second-order valence-corrected chi connectivity index (χ2v) is 7.86.